The number of methoxy groups -OCH3 is 1. The van der Waals surface area contributed by atoms with Crippen molar-refractivity contribution < 1.29 is 22.7 Å². The van der Waals surface area contributed by atoms with Gasteiger partial charge < -0.3 is 14.4 Å². The highest BCUT2D eigenvalue weighted by molar-refractivity contribution is 7.92. The third-order valence-corrected chi connectivity index (χ3v) is 7.70. The number of anilines is 1. The molecule has 1 N–H and O–H groups in total. The largest absolute Gasteiger partial charge is 0.491 e. The second-order valence-electron chi connectivity index (χ2n) is 10.1. The number of carbonyl (C=O) groups excluding carboxylic acids is 1. The van der Waals surface area contributed by atoms with Crippen molar-refractivity contribution in [3.63, 3.8) is 0 Å². The number of benzene rings is 1. The van der Waals surface area contributed by atoms with Gasteiger partial charge in [0.05, 0.1) is 23.6 Å². The highest BCUT2D eigenvalue weighted by atomic mass is 32.2. The van der Waals surface area contributed by atoms with Gasteiger partial charge >= 0.3 is 0 Å². The van der Waals surface area contributed by atoms with Crippen LogP contribution in [-0.4, -0.2) is 82.9 Å². The lowest BCUT2D eigenvalue weighted by molar-refractivity contribution is 0.00690. The summed E-state index contributed by atoms with van der Waals surface area (Å²) in [5.41, 5.74) is 0.787. The summed E-state index contributed by atoms with van der Waals surface area (Å²) in [6.45, 7) is 7.12. The van der Waals surface area contributed by atoms with E-state index in [1.54, 1.807) is 37.3 Å². The average molecular weight is 496 g/mol. The zero-order chi connectivity index (χ0) is 24.9. The van der Waals surface area contributed by atoms with E-state index in [9.17, 15) is 13.2 Å². The Hall–Kier alpha value is -1.84. The first-order valence-electron chi connectivity index (χ1n) is 12.3. The van der Waals surface area contributed by atoms with Gasteiger partial charge in [-0.2, -0.15) is 0 Å². The van der Waals surface area contributed by atoms with Crippen LogP contribution in [0, 0.1) is 11.8 Å². The summed E-state index contributed by atoms with van der Waals surface area (Å²) in [6.07, 6.45) is 7.48. The van der Waals surface area contributed by atoms with Gasteiger partial charge in [-0.1, -0.05) is 26.2 Å². The summed E-state index contributed by atoms with van der Waals surface area (Å²) < 4.78 is 38.0. The van der Waals surface area contributed by atoms with Crippen molar-refractivity contribution in [1.82, 2.24) is 9.80 Å². The van der Waals surface area contributed by atoms with Crippen LogP contribution in [-0.2, 0) is 14.8 Å². The second-order valence-corrected chi connectivity index (χ2v) is 11.9. The number of rotatable bonds is 5. The first kappa shape index (κ1) is 26.8. The minimum Gasteiger partial charge on any atom is -0.491 e. The normalized spacial score (nSPS) is 26.2. The van der Waals surface area contributed by atoms with Gasteiger partial charge in [0.25, 0.3) is 5.91 Å². The number of nitrogens with zero attached hydrogens (tertiary/aromatic N) is 2. The van der Waals surface area contributed by atoms with Gasteiger partial charge in [0.1, 0.15) is 12.4 Å². The average Bonchev–Trinajstić information content (AvgIpc) is 2.79. The van der Waals surface area contributed by atoms with E-state index in [0.717, 1.165) is 19.3 Å². The molecule has 1 aromatic carbocycles. The van der Waals surface area contributed by atoms with Crippen LogP contribution in [0.3, 0.4) is 0 Å². The van der Waals surface area contributed by atoms with Crippen LogP contribution >= 0.6 is 0 Å². The third kappa shape index (κ3) is 7.33. The molecule has 8 nitrogen and oxygen atoms in total. The first-order valence-corrected chi connectivity index (χ1v) is 14.2. The molecule has 0 radical (unpaired) electrons. The highest BCUT2D eigenvalue weighted by Crippen LogP contribution is 2.29. The van der Waals surface area contributed by atoms with Gasteiger partial charge in [-0.3, -0.25) is 14.4 Å². The molecule has 2 aliphatic rings. The molecule has 1 saturated carbocycles. The van der Waals surface area contributed by atoms with Crippen molar-refractivity contribution >= 4 is 21.6 Å². The number of sulfonamides is 1. The maximum atomic E-state index is 13.3. The lowest BCUT2D eigenvalue weighted by atomic mass is 9.88. The van der Waals surface area contributed by atoms with E-state index in [4.69, 9.17) is 9.47 Å². The van der Waals surface area contributed by atoms with Gasteiger partial charge in [-0.05, 0) is 43.7 Å². The summed E-state index contributed by atoms with van der Waals surface area (Å²) in [5.74, 6) is 1.14. The van der Waals surface area contributed by atoms with Crippen molar-refractivity contribution in [1.29, 1.82) is 0 Å². The molecule has 0 saturated heterocycles. The maximum Gasteiger partial charge on any atom is 0.257 e. The zero-order valence-corrected chi connectivity index (χ0v) is 22.1. The summed E-state index contributed by atoms with van der Waals surface area (Å²) >= 11 is 0. The number of likely N-dealkylation sites (N-methyl/N-ethyl adjacent to an activating group) is 1. The highest BCUT2D eigenvalue weighted by Gasteiger charge is 2.29. The Balaban J connectivity index is 1.91. The van der Waals surface area contributed by atoms with Gasteiger partial charge in [0.2, 0.25) is 10.0 Å². The SMILES string of the molecule is CO[C@H]1CN(C)C(=O)c2ccc(NS(C)(=O)=O)cc2OC[C@H](C)N(CC2CCCCC2)C[C@H]1C. The minimum absolute atomic E-state index is 0.0926. The van der Waals surface area contributed by atoms with Crippen molar-refractivity contribution in [3.8, 4) is 5.75 Å². The predicted octanol–water partition coefficient (Wildman–Crippen LogP) is 3.44. The molecule has 34 heavy (non-hydrogen) atoms. The van der Waals surface area contributed by atoms with Crippen LogP contribution in [0.5, 0.6) is 5.75 Å². The van der Waals surface area contributed by atoms with E-state index in [0.29, 0.717) is 36.1 Å². The molecular formula is C25H41N3O5S. The van der Waals surface area contributed by atoms with Crippen LogP contribution in [0.2, 0.25) is 0 Å². The van der Waals surface area contributed by atoms with Gasteiger partial charge in [0.15, 0.2) is 0 Å². The Bertz CT molecular complexity index is 932. The number of carbonyl (C=O) groups is 1. The monoisotopic (exact) mass is 495 g/mol. The summed E-state index contributed by atoms with van der Waals surface area (Å²) in [5, 5.41) is 0. The first-order chi connectivity index (χ1) is 16.1. The molecule has 1 aliphatic carbocycles. The van der Waals surface area contributed by atoms with Crippen LogP contribution in [0.1, 0.15) is 56.3 Å². The Morgan fingerprint density at radius 3 is 2.50 bits per heavy atom. The Morgan fingerprint density at radius 1 is 1.15 bits per heavy atom. The minimum atomic E-state index is -3.45. The number of hydrogen-bond acceptors (Lipinski definition) is 6. The van der Waals surface area contributed by atoms with E-state index in [1.165, 1.54) is 32.1 Å². The molecule has 3 atom stereocenters. The zero-order valence-electron chi connectivity index (χ0n) is 21.2. The molecular weight excluding hydrogens is 454 g/mol. The molecule has 1 aromatic rings. The summed E-state index contributed by atoms with van der Waals surface area (Å²) in [7, 11) is 0.0279. The van der Waals surface area contributed by atoms with E-state index < -0.39 is 10.0 Å². The van der Waals surface area contributed by atoms with Crippen LogP contribution < -0.4 is 9.46 Å². The number of fused-ring (bicyclic) bond motifs is 1. The maximum absolute atomic E-state index is 13.3. The molecule has 1 amide bonds. The van der Waals surface area contributed by atoms with E-state index in [-0.39, 0.29) is 24.0 Å². The van der Waals surface area contributed by atoms with Crippen LogP contribution in [0.4, 0.5) is 5.69 Å². The Morgan fingerprint density at radius 2 is 1.85 bits per heavy atom. The quantitative estimate of drug-likeness (QED) is 0.673. The number of ether oxygens (including phenoxy) is 2. The molecule has 9 heteroatoms. The molecule has 1 fully saturated rings. The van der Waals surface area contributed by atoms with E-state index in [2.05, 4.69) is 23.5 Å². The van der Waals surface area contributed by atoms with Crippen LogP contribution in [0.25, 0.3) is 0 Å². The van der Waals surface area contributed by atoms with Crippen molar-refractivity contribution in [2.75, 3.05) is 51.4 Å². The fraction of sp³-hybridized carbons (Fsp3) is 0.720. The van der Waals surface area contributed by atoms with Gasteiger partial charge in [-0.15, -0.1) is 0 Å². The lowest BCUT2D eigenvalue weighted by Crippen LogP contribution is -2.48. The Labute approximate surface area is 205 Å². The number of amides is 1. The number of hydrogen-bond donors (Lipinski definition) is 1. The molecule has 0 spiro atoms. The van der Waals surface area contributed by atoms with E-state index in [1.807, 2.05) is 0 Å². The van der Waals surface area contributed by atoms with Crippen molar-refractivity contribution in [2.24, 2.45) is 11.8 Å². The molecule has 0 unspecified atom stereocenters. The van der Waals surface area contributed by atoms with Gasteiger partial charge in [0, 0.05) is 45.9 Å². The van der Waals surface area contributed by atoms with Crippen molar-refractivity contribution in [2.45, 2.75) is 58.1 Å². The smallest absolute Gasteiger partial charge is 0.257 e. The molecule has 1 aliphatic heterocycles. The fourth-order valence-corrected chi connectivity index (χ4v) is 5.64. The third-order valence-electron chi connectivity index (χ3n) is 7.10. The summed E-state index contributed by atoms with van der Waals surface area (Å²) in [6, 6.07) is 4.95. The molecule has 0 bridgehead atoms. The Kier molecular flexibility index (Phi) is 9.23. The predicted molar refractivity (Wildman–Crippen MR) is 135 cm³/mol. The standard InChI is InChI=1S/C25H41N3O5S/c1-18-14-28(15-20-9-7-6-8-10-20)19(2)17-33-23-13-21(26-34(5,30)31)11-12-22(23)25(29)27(3)16-24(18)32-4/h11-13,18-20,24,26H,6-10,14-17H2,1-5H3/t18-,19+,24+/m1/s1. The topological polar surface area (TPSA) is 88.2 Å². The lowest BCUT2D eigenvalue weighted by Gasteiger charge is -2.38. The second kappa shape index (κ2) is 11.7. The number of nitrogens with one attached hydrogen (secondary N) is 1. The molecule has 0 aromatic heterocycles. The van der Waals surface area contributed by atoms with Crippen molar-refractivity contribution in [3.05, 3.63) is 23.8 Å². The molecule has 192 valence electrons. The fourth-order valence-electron chi connectivity index (χ4n) is 5.08. The van der Waals surface area contributed by atoms with Crippen LogP contribution in [0.15, 0.2) is 18.2 Å². The molecule has 3 rings (SSSR count). The van der Waals surface area contributed by atoms with Gasteiger partial charge in [-0.25, -0.2) is 8.42 Å². The molecule has 1 heterocycles. The van der Waals surface area contributed by atoms with E-state index >= 15 is 0 Å². The summed E-state index contributed by atoms with van der Waals surface area (Å²) in [4.78, 5) is 17.4.